The molecule has 174 valence electrons. The summed E-state index contributed by atoms with van der Waals surface area (Å²) in [5, 5.41) is 20.1. The lowest BCUT2D eigenvalue weighted by atomic mass is 9.53. The van der Waals surface area contributed by atoms with Crippen LogP contribution in [0.5, 0.6) is 0 Å². The smallest absolute Gasteiger partial charge is 0.229 e. The van der Waals surface area contributed by atoms with Gasteiger partial charge in [-0.1, -0.05) is 0 Å². The van der Waals surface area contributed by atoms with Crippen molar-refractivity contribution in [2.45, 2.75) is 82.2 Å². The summed E-state index contributed by atoms with van der Waals surface area (Å²) in [6.07, 6.45) is 15.1. The molecule has 1 aromatic heterocycles. The standard InChI is InChI=1S/C25H38N6O/c32-2-1-26-22-28-23(27-21-19-7-14-3-15(9-19)10-20(21)8-14)30-24(29-22)31-25-11-16-4-17(12-25)6-18(5-16)13-25/h14-21,32H,1-13H2,(H3,26,27,28,29,30,31). The van der Waals surface area contributed by atoms with Crippen LogP contribution in [0, 0.1) is 41.4 Å². The number of anilines is 3. The van der Waals surface area contributed by atoms with Crippen LogP contribution >= 0.6 is 0 Å². The maximum Gasteiger partial charge on any atom is 0.229 e. The quantitative estimate of drug-likeness (QED) is 0.513. The van der Waals surface area contributed by atoms with E-state index in [4.69, 9.17) is 15.0 Å². The fourth-order valence-corrected chi connectivity index (χ4v) is 9.55. The summed E-state index contributed by atoms with van der Waals surface area (Å²) in [6, 6.07) is 0.503. The van der Waals surface area contributed by atoms with Crippen LogP contribution in [0.4, 0.5) is 17.8 Å². The van der Waals surface area contributed by atoms with Crippen LogP contribution in [0.1, 0.15) is 70.6 Å². The van der Waals surface area contributed by atoms with Crippen molar-refractivity contribution in [3.63, 3.8) is 0 Å². The van der Waals surface area contributed by atoms with E-state index < -0.39 is 0 Å². The molecule has 32 heavy (non-hydrogen) atoms. The Morgan fingerprint density at radius 2 is 1.22 bits per heavy atom. The van der Waals surface area contributed by atoms with Crippen LogP contribution in [0.25, 0.3) is 0 Å². The van der Waals surface area contributed by atoms with Gasteiger partial charge in [-0.2, -0.15) is 15.0 Å². The summed E-state index contributed by atoms with van der Waals surface area (Å²) in [6.45, 7) is 0.528. The molecule has 7 nitrogen and oxygen atoms in total. The highest BCUT2D eigenvalue weighted by Crippen LogP contribution is 2.57. The van der Waals surface area contributed by atoms with E-state index in [1.807, 2.05) is 0 Å². The third-order valence-electron chi connectivity index (χ3n) is 9.97. The number of aliphatic hydroxyl groups is 1. The number of nitrogens with one attached hydrogen (secondary N) is 3. The van der Waals surface area contributed by atoms with E-state index in [2.05, 4.69) is 16.0 Å². The molecule has 8 saturated carbocycles. The molecule has 0 spiro atoms. The number of aromatic nitrogens is 3. The molecule has 9 rings (SSSR count). The van der Waals surface area contributed by atoms with Gasteiger partial charge in [0.1, 0.15) is 0 Å². The molecule has 8 fully saturated rings. The summed E-state index contributed by atoms with van der Waals surface area (Å²) >= 11 is 0. The van der Waals surface area contributed by atoms with Gasteiger partial charge in [0.2, 0.25) is 17.8 Å². The Morgan fingerprint density at radius 3 is 1.81 bits per heavy atom. The fourth-order valence-electron chi connectivity index (χ4n) is 9.55. The first kappa shape index (κ1) is 19.8. The van der Waals surface area contributed by atoms with Crippen LogP contribution in [-0.2, 0) is 0 Å². The van der Waals surface area contributed by atoms with Crippen LogP contribution in [0.15, 0.2) is 0 Å². The minimum atomic E-state index is 0.0712. The second-order valence-corrected chi connectivity index (χ2v) is 12.4. The molecular weight excluding hydrogens is 400 g/mol. The molecule has 0 aromatic carbocycles. The summed E-state index contributed by atoms with van der Waals surface area (Å²) in [7, 11) is 0. The molecule has 8 bridgehead atoms. The van der Waals surface area contributed by atoms with Crippen molar-refractivity contribution >= 4 is 17.8 Å². The fraction of sp³-hybridized carbons (Fsp3) is 0.880. The minimum absolute atomic E-state index is 0.0712. The number of hydrogen-bond acceptors (Lipinski definition) is 7. The van der Waals surface area contributed by atoms with Crippen LogP contribution in [0.2, 0.25) is 0 Å². The Hall–Kier alpha value is -1.63. The normalized spacial score (nSPS) is 45.3. The van der Waals surface area contributed by atoms with E-state index in [1.54, 1.807) is 0 Å². The SMILES string of the molecule is OCCNc1nc(NC2C3CC4CC(C3)CC2C4)nc(NC23CC4CC(CC(C4)C2)C3)n1. The second kappa shape index (κ2) is 7.44. The Bertz CT molecular complexity index is 811. The lowest BCUT2D eigenvalue weighted by Gasteiger charge is -2.56. The lowest BCUT2D eigenvalue weighted by molar-refractivity contribution is 0.00720. The summed E-state index contributed by atoms with van der Waals surface area (Å²) < 4.78 is 0. The minimum Gasteiger partial charge on any atom is -0.395 e. The molecule has 0 atom stereocenters. The van der Waals surface area contributed by atoms with Crippen molar-refractivity contribution < 1.29 is 5.11 Å². The molecule has 0 saturated heterocycles. The van der Waals surface area contributed by atoms with Crippen LogP contribution < -0.4 is 16.0 Å². The Kier molecular flexibility index (Phi) is 4.60. The van der Waals surface area contributed by atoms with Crippen molar-refractivity contribution in [3.05, 3.63) is 0 Å². The highest BCUT2D eigenvalue weighted by atomic mass is 16.3. The van der Waals surface area contributed by atoms with E-state index in [1.165, 1.54) is 70.6 Å². The zero-order valence-corrected chi connectivity index (χ0v) is 19.1. The zero-order chi connectivity index (χ0) is 21.3. The van der Waals surface area contributed by atoms with Crippen molar-refractivity contribution in [3.8, 4) is 0 Å². The molecule has 7 heteroatoms. The first-order chi connectivity index (χ1) is 15.6. The molecule has 8 aliphatic carbocycles. The van der Waals surface area contributed by atoms with Crippen molar-refractivity contribution in [1.82, 2.24) is 15.0 Å². The predicted molar refractivity (Wildman–Crippen MR) is 124 cm³/mol. The monoisotopic (exact) mass is 438 g/mol. The van der Waals surface area contributed by atoms with Gasteiger partial charge in [-0.15, -0.1) is 0 Å². The van der Waals surface area contributed by atoms with Gasteiger partial charge in [-0.05, 0) is 112 Å². The number of nitrogens with zero attached hydrogens (tertiary/aromatic N) is 3. The van der Waals surface area contributed by atoms with E-state index in [-0.39, 0.29) is 12.1 Å². The van der Waals surface area contributed by atoms with E-state index in [9.17, 15) is 5.11 Å². The van der Waals surface area contributed by atoms with E-state index >= 15 is 0 Å². The topological polar surface area (TPSA) is 95.0 Å². The van der Waals surface area contributed by atoms with Gasteiger partial charge in [0.05, 0.1) is 6.61 Å². The number of hydrogen-bond donors (Lipinski definition) is 4. The van der Waals surface area contributed by atoms with Gasteiger partial charge in [0.15, 0.2) is 0 Å². The van der Waals surface area contributed by atoms with Gasteiger partial charge < -0.3 is 21.1 Å². The highest BCUT2D eigenvalue weighted by Gasteiger charge is 2.51. The third-order valence-corrected chi connectivity index (χ3v) is 9.97. The van der Waals surface area contributed by atoms with Crippen LogP contribution in [0.3, 0.4) is 0 Å². The lowest BCUT2D eigenvalue weighted by Crippen LogP contribution is -2.55. The molecular formula is C25H38N6O. The van der Waals surface area contributed by atoms with Crippen molar-refractivity contribution in [2.24, 2.45) is 41.4 Å². The van der Waals surface area contributed by atoms with Gasteiger partial charge in [-0.25, -0.2) is 0 Å². The zero-order valence-electron chi connectivity index (χ0n) is 19.1. The Morgan fingerprint density at radius 1 is 0.688 bits per heavy atom. The van der Waals surface area contributed by atoms with Gasteiger partial charge in [-0.3, -0.25) is 0 Å². The summed E-state index contributed by atoms with van der Waals surface area (Å²) in [5.74, 6) is 8.13. The average molecular weight is 439 g/mol. The third kappa shape index (κ3) is 3.46. The van der Waals surface area contributed by atoms with Crippen molar-refractivity contribution in [1.29, 1.82) is 0 Å². The van der Waals surface area contributed by atoms with Gasteiger partial charge >= 0.3 is 0 Å². The molecule has 8 aliphatic rings. The average Bonchev–Trinajstić information content (AvgIpc) is 2.73. The predicted octanol–water partition coefficient (Wildman–Crippen LogP) is 3.89. The Balaban J connectivity index is 1.14. The Labute approximate surface area is 191 Å². The molecule has 0 amide bonds. The molecule has 1 aromatic rings. The first-order valence-corrected chi connectivity index (χ1v) is 13.3. The van der Waals surface area contributed by atoms with Crippen molar-refractivity contribution in [2.75, 3.05) is 29.1 Å². The maximum atomic E-state index is 9.31. The largest absolute Gasteiger partial charge is 0.395 e. The maximum absolute atomic E-state index is 9.31. The van der Waals surface area contributed by atoms with E-state index in [0.717, 1.165) is 41.4 Å². The molecule has 0 radical (unpaired) electrons. The number of aliphatic hydroxyl groups excluding tert-OH is 1. The molecule has 0 unspecified atom stereocenters. The highest BCUT2D eigenvalue weighted by molar-refractivity contribution is 5.45. The number of rotatable bonds is 7. The first-order valence-electron chi connectivity index (χ1n) is 13.3. The van der Waals surface area contributed by atoms with Gasteiger partial charge in [0, 0.05) is 18.1 Å². The summed E-state index contributed by atoms with van der Waals surface area (Å²) in [5.41, 5.74) is 0.171. The molecule has 4 N–H and O–H groups in total. The molecule has 1 heterocycles. The summed E-state index contributed by atoms with van der Waals surface area (Å²) in [4.78, 5) is 14.4. The van der Waals surface area contributed by atoms with Gasteiger partial charge in [0.25, 0.3) is 0 Å². The molecule has 0 aliphatic heterocycles. The van der Waals surface area contributed by atoms with E-state index in [0.29, 0.717) is 30.4 Å². The van der Waals surface area contributed by atoms with Crippen LogP contribution in [-0.4, -0.2) is 44.8 Å². The second-order valence-electron chi connectivity index (χ2n) is 12.4.